The molecule has 2 N–H and O–H groups in total. The number of pyridine rings is 1. The molecular formula is C25H29N5O3S. The van der Waals surface area contributed by atoms with Crippen LogP contribution in [0.15, 0.2) is 53.4 Å². The molecule has 3 aromatic rings. The summed E-state index contributed by atoms with van der Waals surface area (Å²) in [6.45, 7) is 5.04. The molecule has 0 atom stereocenters. The topological polar surface area (TPSA) is 96.5 Å². The van der Waals surface area contributed by atoms with Gasteiger partial charge in [0.25, 0.3) is 5.91 Å². The maximum atomic E-state index is 12.2. The average Bonchev–Trinajstić information content (AvgIpc) is 3.41. The second-order valence-electron chi connectivity index (χ2n) is 8.19. The van der Waals surface area contributed by atoms with Crippen LogP contribution in [0.1, 0.15) is 35.8 Å². The van der Waals surface area contributed by atoms with Gasteiger partial charge in [0.1, 0.15) is 12.4 Å². The minimum absolute atomic E-state index is 0.0804. The van der Waals surface area contributed by atoms with E-state index in [4.69, 9.17) is 9.72 Å². The number of anilines is 1. The van der Waals surface area contributed by atoms with Gasteiger partial charge in [-0.05, 0) is 49.9 Å². The third-order valence-corrected chi connectivity index (χ3v) is 6.44. The molecule has 2 aromatic heterocycles. The Balaban J connectivity index is 1.28. The molecule has 1 aliphatic rings. The summed E-state index contributed by atoms with van der Waals surface area (Å²) in [6, 6.07) is 13.5. The standard InChI is InChI=1S/C25H29N5O3S/c1-2-26-24(31)20-6-3-5-19(13-20)22-7-4-8-23(29-22)30-11-9-18(10-12-30)14-27-25(32)33-15-21-16-34-17-28-21/h3-8,13,16-18H,2,9-12,14-15H2,1H3,(H,26,31)(H,27,32). The van der Waals surface area contributed by atoms with Crippen LogP contribution >= 0.6 is 11.3 Å². The second-order valence-corrected chi connectivity index (χ2v) is 8.91. The third kappa shape index (κ3) is 6.32. The zero-order valence-corrected chi connectivity index (χ0v) is 20.0. The minimum atomic E-state index is -0.403. The van der Waals surface area contributed by atoms with Crippen LogP contribution in [0.25, 0.3) is 11.3 Å². The molecular weight excluding hydrogens is 450 g/mol. The molecule has 1 saturated heterocycles. The van der Waals surface area contributed by atoms with Crippen molar-refractivity contribution in [2.45, 2.75) is 26.4 Å². The first-order chi connectivity index (χ1) is 16.6. The summed E-state index contributed by atoms with van der Waals surface area (Å²) in [6.07, 6.45) is 1.52. The van der Waals surface area contributed by atoms with Crippen molar-refractivity contribution in [1.82, 2.24) is 20.6 Å². The van der Waals surface area contributed by atoms with Crippen LogP contribution in [-0.2, 0) is 11.3 Å². The molecule has 0 spiro atoms. The highest BCUT2D eigenvalue weighted by Gasteiger charge is 2.21. The number of nitrogens with one attached hydrogen (secondary N) is 2. The van der Waals surface area contributed by atoms with E-state index in [1.54, 1.807) is 5.51 Å². The molecule has 0 radical (unpaired) electrons. The lowest BCUT2D eigenvalue weighted by Gasteiger charge is -2.33. The summed E-state index contributed by atoms with van der Waals surface area (Å²) < 4.78 is 5.21. The average molecular weight is 480 g/mol. The monoisotopic (exact) mass is 479 g/mol. The highest BCUT2D eigenvalue weighted by molar-refractivity contribution is 7.07. The van der Waals surface area contributed by atoms with E-state index in [-0.39, 0.29) is 12.5 Å². The number of carbonyl (C=O) groups excluding carboxylic acids is 2. The van der Waals surface area contributed by atoms with E-state index in [1.165, 1.54) is 11.3 Å². The molecule has 1 aromatic carbocycles. The molecule has 0 aliphatic carbocycles. The molecule has 0 unspecified atom stereocenters. The molecule has 34 heavy (non-hydrogen) atoms. The van der Waals surface area contributed by atoms with Crippen molar-refractivity contribution < 1.29 is 14.3 Å². The molecule has 0 saturated carbocycles. The summed E-state index contributed by atoms with van der Waals surface area (Å²) in [7, 11) is 0. The Morgan fingerprint density at radius 2 is 1.97 bits per heavy atom. The number of ether oxygens (including phenoxy) is 1. The van der Waals surface area contributed by atoms with E-state index >= 15 is 0 Å². The fourth-order valence-corrected chi connectivity index (χ4v) is 4.48. The van der Waals surface area contributed by atoms with Crippen molar-refractivity contribution >= 4 is 29.2 Å². The largest absolute Gasteiger partial charge is 0.443 e. The van der Waals surface area contributed by atoms with Gasteiger partial charge in [-0.15, -0.1) is 11.3 Å². The summed E-state index contributed by atoms with van der Waals surface area (Å²) in [5, 5.41) is 7.57. The van der Waals surface area contributed by atoms with Crippen LogP contribution in [0, 0.1) is 5.92 Å². The summed E-state index contributed by atoms with van der Waals surface area (Å²) in [5.74, 6) is 1.25. The first-order valence-electron chi connectivity index (χ1n) is 11.5. The second kappa shape index (κ2) is 11.6. The quantitative estimate of drug-likeness (QED) is 0.505. The zero-order chi connectivity index (χ0) is 23.8. The Morgan fingerprint density at radius 3 is 2.74 bits per heavy atom. The number of nitrogens with zero attached hydrogens (tertiary/aromatic N) is 3. The van der Waals surface area contributed by atoms with Crippen LogP contribution in [0.4, 0.5) is 10.6 Å². The van der Waals surface area contributed by atoms with E-state index in [9.17, 15) is 9.59 Å². The molecule has 1 fully saturated rings. The van der Waals surface area contributed by atoms with Crippen molar-refractivity contribution in [1.29, 1.82) is 0 Å². The van der Waals surface area contributed by atoms with Gasteiger partial charge >= 0.3 is 6.09 Å². The lowest BCUT2D eigenvalue weighted by molar-refractivity contribution is 0.0955. The lowest BCUT2D eigenvalue weighted by atomic mass is 9.97. The van der Waals surface area contributed by atoms with E-state index < -0.39 is 6.09 Å². The predicted octanol–water partition coefficient (Wildman–Crippen LogP) is 4.10. The number of hydrogen-bond acceptors (Lipinski definition) is 7. The number of benzene rings is 1. The van der Waals surface area contributed by atoms with Gasteiger partial charge in [0.05, 0.1) is 16.9 Å². The van der Waals surface area contributed by atoms with Gasteiger partial charge < -0.3 is 20.3 Å². The van der Waals surface area contributed by atoms with Crippen molar-refractivity contribution in [3.63, 3.8) is 0 Å². The third-order valence-electron chi connectivity index (χ3n) is 5.80. The summed E-state index contributed by atoms with van der Waals surface area (Å²) in [5.41, 5.74) is 4.87. The van der Waals surface area contributed by atoms with Gasteiger partial charge in [0, 0.05) is 42.7 Å². The van der Waals surface area contributed by atoms with Gasteiger partial charge in [0.15, 0.2) is 0 Å². The molecule has 2 amide bonds. The fraction of sp³-hybridized carbons (Fsp3) is 0.360. The van der Waals surface area contributed by atoms with Crippen molar-refractivity contribution in [3.8, 4) is 11.3 Å². The van der Waals surface area contributed by atoms with Gasteiger partial charge in [-0.25, -0.2) is 14.8 Å². The van der Waals surface area contributed by atoms with Gasteiger partial charge in [-0.1, -0.05) is 18.2 Å². The van der Waals surface area contributed by atoms with Crippen LogP contribution < -0.4 is 15.5 Å². The summed E-state index contributed by atoms with van der Waals surface area (Å²) >= 11 is 1.48. The number of rotatable bonds is 8. The zero-order valence-electron chi connectivity index (χ0n) is 19.2. The first kappa shape index (κ1) is 23.7. The highest BCUT2D eigenvalue weighted by Crippen LogP contribution is 2.25. The number of carbonyl (C=O) groups is 2. The van der Waals surface area contributed by atoms with Crippen LogP contribution in [0.5, 0.6) is 0 Å². The van der Waals surface area contributed by atoms with Crippen molar-refractivity contribution in [3.05, 3.63) is 64.6 Å². The number of hydrogen-bond donors (Lipinski definition) is 2. The normalized spacial score (nSPS) is 14.0. The molecule has 1 aliphatic heterocycles. The van der Waals surface area contributed by atoms with E-state index in [0.29, 0.717) is 24.6 Å². The molecule has 8 nitrogen and oxygen atoms in total. The molecule has 4 rings (SSSR count). The number of piperidine rings is 1. The Bertz CT molecular complexity index is 1100. The highest BCUT2D eigenvalue weighted by atomic mass is 32.1. The Labute approximate surface area is 203 Å². The van der Waals surface area contributed by atoms with E-state index in [2.05, 4.69) is 20.5 Å². The van der Waals surface area contributed by atoms with Gasteiger partial charge in [-0.3, -0.25) is 4.79 Å². The SMILES string of the molecule is CCNC(=O)c1cccc(-c2cccc(N3CCC(CNC(=O)OCc4cscn4)CC3)n2)c1. The number of thiazole rings is 1. The fourth-order valence-electron chi connectivity index (χ4n) is 3.94. The predicted molar refractivity (Wildman–Crippen MR) is 133 cm³/mol. The molecule has 0 bridgehead atoms. The van der Waals surface area contributed by atoms with Gasteiger partial charge in [-0.2, -0.15) is 0 Å². The Morgan fingerprint density at radius 1 is 1.15 bits per heavy atom. The number of amides is 2. The summed E-state index contributed by atoms with van der Waals surface area (Å²) in [4.78, 5) is 35.4. The maximum absolute atomic E-state index is 12.2. The smallest absolute Gasteiger partial charge is 0.407 e. The Hall–Kier alpha value is -3.46. The Kier molecular flexibility index (Phi) is 8.08. The van der Waals surface area contributed by atoms with Crippen molar-refractivity contribution in [2.75, 3.05) is 31.1 Å². The van der Waals surface area contributed by atoms with E-state index in [1.807, 2.05) is 54.8 Å². The van der Waals surface area contributed by atoms with E-state index in [0.717, 1.165) is 48.7 Å². The van der Waals surface area contributed by atoms with Crippen LogP contribution in [-0.4, -0.2) is 48.1 Å². The lowest BCUT2D eigenvalue weighted by Crippen LogP contribution is -2.39. The maximum Gasteiger partial charge on any atom is 0.407 e. The number of alkyl carbamates (subject to hydrolysis) is 1. The van der Waals surface area contributed by atoms with Crippen LogP contribution in [0.3, 0.4) is 0 Å². The van der Waals surface area contributed by atoms with Gasteiger partial charge in [0.2, 0.25) is 0 Å². The minimum Gasteiger partial charge on any atom is -0.443 e. The number of aromatic nitrogens is 2. The van der Waals surface area contributed by atoms with Crippen LogP contribution in [0.2, 0.25) is 0 Å². The molecule has 9 heteroatoms. The first-order valence-corrected chi connectivity index (χ1v) is 12.4. The molecule has 178 valence electrons. The van der Waals surface area contributed by atoms with Crippen molar-refractivity contribution in [2.24, 2.45) is 5.92 Å². The molecule has 3 heterocycles.